The van der Waals surface area contributed by atoms with Gasteiger partial charge < -0.3 is 4.55 Å². The summed E-state index contributed by atoms with van der Waals surface area (Å²) in [5.41, 5.74) is 0.912. The fourth-order valence-corrected chi connectivity index (χ4v) is 1.86. The zero-order valence-electron chi connectivity index (χ0n) is 9.94. The minimum absolute atomic E-state index is 0.00579. The highest BCUT2D eigenvalue weighted by molar-refractivity contribution is 7.90. The number of hydrogen-bond donors (Lipinski definition) is 1. The Morgan fingerprint density at radius 1 is 1.53 bits per heavy atom. The van der Waals surface area contributed by atoms with Gasteiger partial charge in [0.1, 0.15) is 4.75 Å². The Kier molecular flexibility index (Phi) is 3.81. The second kappa shape index (κ2) is 4.55. The quantitative estimate of drug-likeness (QED) is 0.800. The Morgan fingerprint density at radius 2 is 2.13 bits per heavy atom. The lowest BCUT2D eigenvalue weighted by atomic mass is 10.3. The summed E-state index contributed by atoms with van der Waals surface area (Å²) in [6.45, 7) is 7.80. The normalized spacial score (nSPS) is 16.4. The van der Waals surface area contributed by atoms with Crippen LogP contribution in [0.2, 0.25) is 0 Å². The Hall–Kier alpha value is -0.520. The molecule has 0 saturated heterocycles. The molecular weight excluding hydrogens is 210 g/mol. The SMILES string of the molecule is C[C@@H](N[S@+]([O-])C(C)(C)C)c1ccn(C)n1. The van der Waals surface area contributed by atoms with Crippen molar-refractivity contribution in [1.82, 2.24) is 14.5 Å². The summed E-state index contributed by atoms with van der Waals surface area (Å²) < 4.78 is 16.4. The third-order valence-corrected chi connectivity index (χ3v) is 3.70. The summed E-state index contributed by atoms with van der Waals surface area (Å²) in [6, 6.07) is 1.93. The van der Waals surface area contributed by atoms with Gasteiger partial charge in [-0.25, -0.2) is 0 Å². The molecule has 1 N–H and O–H groups in total. The number of nitrogens with one attached hydrogen (secondary N) is 1. The maximum Gasteiger partial charge on any atom is 0.136 e. The first kappa shape index (κ1) is 12.5. The molecular formula is C10H19N3OS. The standard InChI is InChI=1S/C10H19N3OS/c1-8(9-6-7-13(5)11-9)12-15(14)10(2,3)4/h6-8,12H,1-5H3/t8-,15-/m1/s1. The average Bonchev–Trinajstić information content (AvgIpc) is 2.50. The maximum absolute atomic E-state index is 11.8. The number of hydrogen-bond acceptors (Lipinski definition) is 3. The van der Waals surface area contributed by atoms with Crippen molar-refractivity contribution in [2.45, 2.75) is 38.5 Å². The van der Waals surface area contributed by atoms with E-state index in [1.807, 2.05) is 47.0 Å². The molecule has 0 aliphatic carbocycles. The van der Waals surface area contributed by atoms with E-state index in [0.717, 1.165) is 5.69 Å². The Bertz CT molecular complexity index is 319. The van der Waals surface area contributed by atoms with Crippen LogP contribution in [0.15, 0.2) is 12.3 Å². The summed E-state index contributed by atoms with van der Waals surface area (Å²) in [6.07, 6.45) is 1.88. The third-order valence-electron chi connectivity index (χ3n) is 2.02. The highest BCUT2D eigenvalue weighted by Gasteiger charge is 2.28. The fourth-order valence-electron chi connectivity index (χ4n) is 1.06. The van der Waals surface area contributed by atoms with Gasteiger partial charge in [0.2, 0.25) is 0 Å². The molecule has 1 aromatic rings. The lowest BCUT2D eigenvalue weighted by Gasteiger charge is -2.25. The van der Waals surface area contributed by atoms with Crippen molar-refractivity contribution >= 4 is 11.4 Å². The zero-order chi connectivity index (χ0) is 11.6. The lowest BCUT2D eigenvalue weighted by Crippen LogP contribution is -2.40. The van der Waals surface area contributed by atoms with E-state index in [9.17, 15) is 4.55 Å². The van der Waals surface area contributed by atoms with E-state index in [0.29, 0.717) is 0 Å². The van der Waals surface area contributed by atoms with Crippen molar-refractivity contribution in [3.63, 3.8) is 0 Å². The van der Waals surface area contributed by atoms with Crippen molar-refractivity contribution in [2.24, 2.45) is 7.05 Å². The number of aryl methyl sites for hydroxylation is 1. The first-order valence-electron chi connectivity index (χ1n) is 4.98. The van der Waals surface area contributed by atoms with Gasteiger partial charge in [-0.1, -0.05) is 0 Å². The van der Waals surface area contributed by atoms with E-state index in [2.05, 4.69) is 9.82 Å². The van der Waals surface area contributed by atoms with Gasteiger partial charge >= 0.3 is 0 Å². The third kappa shape index (κ3) is 3.52. The van der Waals surface area contributed by atoms with Crippen LogP contribution in [0.1, 0.15) is 39.4 Å². The van der Waals surface area contributed by atoms with E-state index in [1.54, 1.807) is 4.68 Å². The van der Waals surface area contributed by atoms with Crippen molar-refractivity contribution in [3.05, 3.63) is 18.0 Å². The second-order valence-electron chi connectivity index (χ2n) is 4.63. The largest absolute Gasteiger partial charge is 0.598 e. The van der Waals surface area contributed by atoms with Gasteiger partial charge in [0.05, 0.1) is 11.7 Å². The minimum Gasteiger partial charge on any atom is -0.598 e. The molecule has 1 heterocycles. The summed E-state index contributed by atoms with van der Waals surface area (Å²) in [4.78, 5) is 0. The van der Waals surface area contributed by atoms with Gasteiger partial charge in [0.25, 0.3) is 0 Å². The van der Waals surface area contributed by atoms with Gasteiger partial charge in [0.15, 0.2) is 0 Å². The molecule has 0 bridgehead atoms. The molecule has 0 unspecified atom stereocenters. The fraction of sp³-hybridized carbons (Fsp3) is 0.700. The van der Waals surface area contributed by atoms with E-state index in [1.165, 1.54) is 0 Å². The summed E-state index contributed by atoms with van der Waals surface area (Å²) in [5.74, 6) is 0. The number of nitrogens with zero attached hydrogens (tertiary/aromatic N) is 2. The van der Waals surface area contributed by atoms with Crippen molar-refractivity contribution in [2.75, 3.05) is 0 Å². The van der Waals surface area contributed by atoms with Gasteiger partial charge in [-0.05, 0) is 33.8 Å². The summed E-state index contributed by atoms with van der Waals surface area (Å²) in [7, 11) is 1.87. The van der Waals surface area contributed by atoms with Crippen molar-refractivity contribution in [1.29, 1.82) is 0 Å². The van der Waals surface area contributed by atoms with Crippen LogP contribution in [0.3, 0.4) is 0 Å². The van der Waals surface area contributed by atoms with Crippen molar-refractivity contribution < 1.29 is 4.55 Å². The number of rotatable bonds is 3. The van der Waals surface area contributed by atoms with Crippen LogP contribution in [0.25, 0.3) is 0 Å². The predicted octanol–water partition coefficient (Wildman–Crippen LogP) is 1.53. The molecule has 1 rings (SSSR count). The predicted molar refractivity (Wildman–Crippen MR) is 62.7 cm³/mol. The zero-order valence-corrected chi connectivity index (χ0v) is 10.8. The monoisotopic (exact) mass is 229 g/mol. The van der Waals surface area contributed by atoms with Crippen LogP contribution in [-0.4, -0.2) is 19.1 Å². The lowest BCUT2D eigenvalue weighted by molar-refractivity contribution is 0.527. The first-order chi connectivity index (χ1) is 6.80. The van der Waals surface area contributed by atoms with E-state index in [-0.39, 0.29) is 10.8 Å². The van der Waals surface area contributed by atoms with Crippen LogP contribution >= 0.6 is 0 Å². The van der Waals surface area contributed by atoms with E-state index < -0.39 is 11.4 Å². The van der Waals surface area contributed by atoms with E-state index in [4.69, 9.17) is 0 Å². The molecule has 0 aliphatic rings. The Morgan fingerprint density at radius 3 is 2.53 bits per heavy atom. The average molecular weight is 229 g/mol. The van der Waals surface area contributed by atoms with Gasteiger partial charge in [-0.2, -0.15) is 5.10 Å². The highest BCUT2D eigenvalue weighted by atomic mass is 32.2. The van der Waals surface area contributed by atoms with Crippen LogP contribution in [-0.2, 0) is 18.4 Å². The molecule has 0 saturated carbocycles. The molecule has 0 aromatic carbocycles. The van der Waals surface area contributed by atoms with Crippen LogP contribution in [0, 0.1) is 0 Å². The summed E-state index contributed by atoms with van der Waals surface area (Å²) in [5, 5.41) is 4.27. The Balaban J connectivity index is 2.60. The highest BCUT2D eigenvalue weighted by Crippen LogP contribution is 2.18. The number of aromatic nitrogens is 2. The van der Waals surface area contributed by atoms with Crippen LogP contribution in [0.4, 0.5) is 0 Å². The molecule has 4 nitrogen and oxygen atoms in total. The molecule has 0 radical (unpaired) electrons. The second-order valence-corrected chi connectivity index (χ2v) is 6.63. The maximum atomic E-state index is 11.8. The minimum atomic E-state index is -1.06. The summed E-state index contributed by atoms with van der Waals surface area (Å²) >= 11 is -1.06. The molecule has 0 aliphatic heterocycles. The Labute approximate surface area is 94.4 Å². The topological polar surface area (TPSA) is 52.9 Å². The first-order valence-corrected chi connectivity index (χ1v) is 6.13. The molecule has 15 heavy (non-hydrogen) atoms. The van der Waals surface area contributed by atoms with Gasteiger partial charge in [0, 0.05) is 24.6 Å². The molecule has 2 atom stereocenters. The molecule has 0 fully saturated rings. The molecule has 1 aromatic heterocycles. The van der Waals surface area contributed by atoms with E-state index >= 15 is 0 Å². The molecule has 0 amide bonds. The molecule has 5 heteroatoms. The van der Waals surface area contributed by atoms with Gasteiger partial charge in [-0.3, -0.25) is 4.68 Å². The van der Waals surface area contributed by atoms with Crippen molar-refractivity contribution in [3.8, 4) is 0 Å². The smallest absolute Gasteiger partial charge is 0.136 e. The van der Waals surface area contributed by atoms with Crippen LogP contribution < -0.4 is 4.72 Å². The molecule has 86 valence electrons. The van der Waals surface area contributed by atoms with Crippen LogP contribution in [0.5, 0.6) is 0 Å². The van der Waals surface area contributed by atoms with Gasteiger partial charge in [-0.15, -0.1) is 4.72 Å². The molecule has 0 spiro atoms.